The van der Waals surface area contributed by atoms with Crippen LogP contribution in [-0.4, -0.2) is 23.8 Å². The van der Waals surface area contributed by atoms with Crippen molar-refractivity contribution >= 4 is 0 Å². The van der Waals surface area contributed by atoms with E-state index in [1.165, 1.54) is 0 Å². The summed E-state index contributed by atoms with van der Waals surface area (Å²) < 4.78 is 0. The fourth-order valence-corrected chi connectivity index (χ4v) is 0.539. The van der Waals surface area contributed by atoms with Gasteiger partial charge in [-0.15, -0.1) is 5.53 Å². The van der Waals surface area contributed by atoms with Gasteiger partial charge in [-0.25, -0.2) is 0 Å². The van der Waals surface area contributed by atoms with E-state index in [1.54, 1.807) is 11.2 Å². The molecule has 0 spiro atoms. The van der Waals surface area contributed by atoms with Crippen molar-refractivity contribution in [2.45, 2.75) is 0 Å². The molecule has 0 atom stereocenters. The van der Waals surface area contributed by atoms with E-state index in [4.69, 9.17) is 5.11 Å². The van der Waals surface area contributed by atoms with Gasteiger partial charge >= 0.3 is 0 Å². The number of hydrazine groups is 2. The van der Waals surface area contributed by atoms with Crippen LogP contribution in [-0.2, 0) is 0 Å². The van der Waals surface area contributed by atoms with E-state index in [0.717, 1.165) is 5.70 Å². The summed E-state index contributed by atoms with van der Waals surface area (Å²) in [5.74, 6) is 0. The Balaban J connectivity index is 2.44. The van der Waals surface area contributed by atoms with E-state index in [0.29, 0.717) is 0 Å². The van der Waals surface area contributed by atoms with Gasteiger partial charge in [0.15, 0.2) is 0 Å². The molecule has 8 heavy (non-hydrogen) atoms. The number of nitrogens with zero attached hydrogens (tertiary/aromatic N) is 1. The van der Waals surface area contributed by atoms with Crippen LogP contribution in [0.25, 0.3) is 0 Å². The molecule has 0 saturated heterocycles. The summed E-state index contributed by atoms with van der Waals surface area (Å²) in [6.45, 7) is 0.0529. The molecular formula is C4H9N3O. The fraction of sp³-hybridized carbons (Fsp3) is 0.500. The Kier molecular flexibility index (Phi) is 1.36. The molecule has 0 aromatic heterocycles. The van der Waals surface area contributed by atoms with Crippen LogP contribution >= 0.6 is 0 Å². The molecule has 0 aliphatic carbocycles. The molecule has 1 rings (SSSR count). The molecule has 4 nitrogen and oxygen atoms in total. The van der Waals surface area contributed by atoms with Gasteiger partial charge < -0.3 is 10.5 Å². The average molecular weight is 115 g/mol. The first-order valence-electron chi connectivity index (χ1n) is 2.39. The maximum atomic E-state index is 8.49. The van der Waals surface area contributed by atoms with Gasteiger partial charge in [-0.1, -0.05) is 0 Å². The zero-order valence-electron chi connectivity index (χ0n) is 4.68. The highest BCUT2D eigenvalue weighted by Gasteiger charge is 2.02. The predicted octanol–water partition coefficient (Wildman–Crippen LogP) is -1.23. The molecular weight excluding hydrogens is 106 g/mol. The first-order valence-corrected chi connectivity index (χ1v) is 2.39. The molecule has 4 heteroatoms. The standard InChI is InChI=1S/C4H9N3O/c1-7-2-4(3-8)5-6-7/h2,5-6,8H,3H2,1H3. The van der Waals surface area contributed by atoms with Crippen LogP contribution in [0, 0.1) is 0 Å². The Morgan fingerprint density at radius 1 is 1.88 bits per heavy atom. The van der Waals surface area contributed by atoms with Crippen molar-refractivity contribution in [3.63, 3.8) is 0 Å². The second-order valence-corrected chi connectivity index (χ2v) is 1.66. The third-order valence-corrected chi connectivity index (χ3v) is 0.913. The van der Waals surface area contributed by atoms with Crippen molar-refractivity contribution in [2.24, 2.45) is 0 Å². The molecule has 0 radical (unpaired) electrons. The van der Waals surface area contributed by atoms with E-state index in [-0.39, 0.29) is 6.61 Å². The molecule has 0 fully saturated rings. The smallest absolute Gasteiger partial charge is 0.0857 e. The summed E-state index contributed by atoms with van der Waals surface area (Å²) in [5.41, 5.74) is 6.28. The van der Waals surface area contributed by atoms with Crippen LogP contribution in [0.15, 0.2) is 11.9 Å². The lowest BCUT2D eigenvalue weighted by Gasteiger charge is -2.04. The maximum absolute atomic E-state index is 8.49. The highest BCUT2D eigenvalue weighted by Crippen LogP contribution is 1.92. The number of hydrogen-bond acceptors (Lipinski definition) is 4. The quantitative estimate of drug-likeness (QED) is 0.400. The van der Waals surface area contributed by atoms with Gasteiger partial charge in [0.25, 0.3) is 0 Å². The van der Waals surface area contributed by atoms with Crippen molar-refractivity contribution in [2.75, 3.05) is 13.7 Å². The minimum atomic E-state index is 0.0529. The van der Waals surface area contributed by atoms with Gasteiger partial charge in [0.05, 0.1) is 12.3 Å². The Morgan fingerprint density at radius 2 is 2.62 bits per heavy atom. The second-order valence-electron chi connectivity index (χ2n) is 1.66. The van der Waals surface area contributed by atoms with E-state index in [1.807, 2.05) is 7.05 Å². The molecule has 1 aliphatic rings. The summed E-state index contributed by atoms with van der Waals surface area (Å²) in [6, 6.07) is 0. The first-order chi connectivity index (χ1) is 3.83. The molecule has 1 aliphatic heterocycles. The molecule has 0 amide bonds. The number of hydrogen-bond donors (Lipinski definition) is 3. The number of nitrogens with one attached hydrogen (secondary N) is 2. The van der Waals surface area contributed by atoms with Gasteiger partial charge in [0, 0.05) is 13.2 Å². The fourth-order valence-electron chi connectivity index (χ4n) is 0.539. The van der Waals surface area contributed by atoms with Crippen LogP contribution in [0.4, 0.5) is 0 Å². The summed E-state index contributed by atoms with van der Waals surface area (Å²) in [4.78, 5) is 0. The van der Waals surface area contributed by atoms with Crippen LogP contribution in [0.1, 0.15) is 0 Å². The molecule has 46 valence electrons. The molecule has 0 unspecified atom stereocenters. The van der Waals surface area contributed by atoms with Gasteiger partial charge in [0.1, 0.15) is 0 Å². The van der Waals surface area contributed by atoms with E-state index in [2.05, 4.69) is 11.0 Å². The summed E-state index contributed by atoms with van der Waals surface area (Å²) in [6.07, 6.45) is 1.78. The zero-order valence-corrected chi connectivity index (χ0v) is 4.68. The van der Waals surface area contributed by atoms with Crippen molar-refractivity contribution in [1.29, 1.82) is 0 Å². The normalized spacial score (nSPS) is 18.2. The number of rotatable bonds is 1. The topological polar surface area (TPSA) is 47.5 Å². The molecule has 0 bridgehead atoms. The molecule has 0 saturated carbocycles. The third-order valence-electron chi connectivity index (χ3n) is 0.913. The van der Waals surface area contributed by atoms with Crippen LogP contribution in [0.3, 0.4) is 0 Å². The number of aliphatic hydroxyl groups is 1. The Bertz CT molecular complexity index is 112. The van der Waals surface area contributed by atoms with Gasteiger partial charge in [-0.05, 0) is 0 Å². The Labute approximate surface area is 47.7 Å². The molecule has 1 heterocycles. The van der Waals surface area contributed by atoms with Crippen LogP contribution < -0.4 is 11.0 Å². The van der Waals surface area contributed by atoms with Gasteiger partial charge in [0.2, 0.25) is 0 Å². The SMILES string of the molecule is CN1C=C(CO)NN1. The van der Waals surface area contributed by atoms with E-state index in [9.17, 15) is 0 Å². The minimum absolute atomic E-state index is 0.0529. The van der Waals surface area contributed by atoms with Crippen molar-refractivity contribution in [1.82, 2.24) is 16.0 Å². The van der Waals surface area contributed by atoms with Crippen molar-refractivity contribution < 1.29 is 5.11 Å². The summed E-state index contributed by atoms with van der Waals surface area (Å²) >= 11 is 0. The zero-order chi connectivity index (χ0) is 5.98. The van der Waals surface area contributed by atoms with E-state index >= 15 is 0 Å². The van der Waals surface area contributed by atoms with Crippen molar-refractivity contribution in [3.05, 3.63) is 11.9 Å². The van der Waals surface area contributed by atoms with Gasteiger partial charge in [-0.3, -0.25) is 5.01 Å². The third kappa shape index (κ3) is 0.907. The summed E-state index contributed by atoms with van der Waals surface area (Å²) in [7, 11) is 1.84. The Hall–Kier alpha value is -0.740. The minimum Gasteiger partial charge on any atom is -0.390 e. The highest BCUT2D eigenvalue weighted by molar-refractivity contribution is 5.00. The average Bonchev–Trinajstić information content (AvgIpc) is 2.14. The molecule has 0 aromatic rings. The number of aliphatic hydroxyl groups excluding tert-OH is 1. The molecule has 0 aromatic carbocycles. The largest absolute Gasteiger partial charge is 0.390 e. The second kappa shape index (κ2) is 2.02. The van der Waals surface area contributed by atoms with Crippen LogP contribution in [0.5, 0.6) is 0 Å². The maximum Gasteiger partial charge on any atom is 0.0857 e. The lowest BCUT2D eigenvalue weighted by atomic mass is 10.5. The lowest BCUT2D eigenvalue weighted by molar-refractivity contribution is 0.302. The lowest BCUT2D eigenvalue weighted by Crippen LogP contribution is -2.33. The monoisotopic (exact) mass is 115 g/mol. The van der Waals surface area contributed by atoms with E-state index < -0.39 is 0 Å². The predicted molar refractivity (Wildman–Crippen MR) is 29.2 cm³/mol. The van der Waals surface area contributed by atoms with Crippen molar-refractivity contribution in [3.8, 4) is 0 Å². The highest BCUT2D eigenvalue weighted by atomic mass is 16.3. The Morgan fingerprint density at radius 3 is 2.88 bits per heavy atom. The first kappa shape index (κ1) is 5.40. The van der Waals surface area contributed by atoms with Crippen LogP contribution in [0.2, 0.25) is 0 Å². The molecule has 3 N–H and O–H groups in total. The van der Waals surface area contributed by atoms with Gasteiger partial charge in [-0.2, -0.15) is 0 Å². The summed E-state index contributed by atoms with van der Waals surface area (Å²) in [5, 5.41) is 10.2.